The molecule has 0 aromatic heterocycles. The van der Waals surface area contributed by atoms with Gasteiger partial charge in [-0.2, -0.15) is 0 Å². The first-order chi connectivity index (χ1) is 10.0. The van der Waals surface area contributed by atoms with Crippen LogP contribution < -0.4 is 5.32 Å². The van der Waals surface area contributed by atoms with Crippen molar-refractivity contribution >= 4 is 18.5 Å². The average Bonchev–Trinajstić information content (AvgIpc) is 2.39. The zero-order valence-corrected chi connectivity index (χ0v) is 13.8. The number of aliphatic imine (C=N–C) groups is 2. The number of hydrogen-bond acceptors (Lipinski definition) is 6. The van der Waals surface area contributed by atoms with E-state index < -0.39 is 23.1 Å². The first-order valence-electron chi connectivity index (χ1n) is 6.78. The van der Waals surface area contributed by atoms with Crippen LogP contribution in [-0.4, -0.2) is 50.2 Å². The largest absolute Gasteiger partial charge is 0.438 e. The molecule has 0 spiro atoms. The van der Waals surface area contributed by atoms with Crippen LogP contribution in [0, 0.1) is 5.41 Å². The Morgan fingerprint density at radius 1 is 1.55 bits per heavy atom. The maximum absolute atomic E-state index is 13.6. The van der Waals surface area contributed by atoms with Crippen LogP contribution in [0.15, 0.2) is 21.6 Å². The highest BCUT2D eigenvalue weighted by atomic mass is 19.1. The Bertz CT molecular complexity index is 509. The lowest BCUT2D eigenvalue weighted by atomic mass is 9.98. The van der Waals surface area contributed by atoms with Crippen LogP contribution in [0.4, 0.5) is 4.39 Å². The van der Waals surface area contributed by atoms with E-state index in [0.29, 0.717) is 0 Å². The summed E-state index contributed by atoms with van der Waals surface area (Å²) < 4.78 is 24.0. The second-order valence-corrected chi connectivity index (χ2v) is 6.21. The standard InChI is InChI=1S/C14H23FN4O3/c1-13(2,3)12(20)21-9-22-14(4)17-7-10(15)11(18-14)16-8-19(5)6/h7-8,18H,9H2,1-6H3. The molecule has 1 aliphatic rings. The van der Waals surface area contributed by atoms with Gasteiger partial charge in [-0.3, -0.25) is 9.53 Å². The van der Waals surface area contributed by atoms with E-state index in [2.05, 4.69) is 15.3 Å². The molecule has 124 valence electrons. The number of ether oxygens (including phenoxy) is 2. The number of allylic oxidation sites excluding steroid dienone is 1. The summed E-state index contributed by atoms with van der Waals surface area (Å²) in [6, 6.07) is 0. The third-order valence-corrected chi connectivity index (χ3v) is 2.56. The lowest BCUT2D eigenvalue weighted by Crippen LogP contribution is -2.45. The van der Waals surface area contributed by atoms with E-state index in [0.717, 1.165) is 6.21 Å². The van der Waals surface area contributed by atoms with Crippen molar-refractivity contribution in [3.8, 4) is 0 Å². The Kier molecular flexibility index (Phi) is 5.65. The monoisotopic (exact) mass is 314 g/mol. The second-order valence-electron chi connectivity index (χ2n) is 6.21. The van der Waals surface area contributed by atoms with E-state index in [1.165, 1.54) is 6.34 Å². The Labute approximate surface area is 129 Å². The molecule has 1 N–H and O–H groups in total. The molecule has 8 heteroatoms. The van der Waals surface area contributed by atoms with Crippen LogP contribution in [0.2, 0.25) is 0 Å². The van der Waals surface area contributed by atoms with Gasteiger partial charge in [0, 0.05) is 21.0 Å². The smallest absolute Gasteiger partial charge is 0.313 e. The van der Waals surface area contributed by atoms with Gasteiger partial charge in [-0.25, -0.2) is 14.4 Å². The van der Waals surface area contributed by atoms with Crippen LogP contribution in [0.3, 0.4) is 0 Å². The summed E-state index contributed by atoms with van der Waals surface area (Å²) in [5.41, 5.74) is -0.624. The molecular weight excluding hydrogens is 291 g/mol. The predicted molar refractivity (Wildman–Crippen MR) is 81.8 cm³/mol. The Hall–Kier alpha value is -1.96. The van der Waals surface area contributed by atoms with Gasteiger partial charge in [0.05, 0.1) is 18.0 Å². The number of halogens is 1. The second kappa shape index (κ2) is 6.87. The summed E-state index contributed by atoms with van der Waals surface area (Å²) in [6.07, 6.45) is 2.46. The number of nitrogens with zero attached hydrogens (tertiary/aromatic N) is 3. The SMILES string of the molecule is CN(C)C=NC1=C(F)C=NC(C)(OCOC(=O)C(C)(C)C)N1. The van der Waals surface area contributed by atoms with Gasteiger partial charge < -0.3 is 15.0 Å². The normalized spacial score (nSPS) is 22.0. The molecule has 0 saturated carbocycles. The minimum atomic E-state index is -1.26. The van der Waals surface area contributed by atoms with Crippen molar-refractivity contribution in [2.24, 2.45) is 15.4 Å². The summed E-state index contributed by atoms with van der Waals surface area (Å²) in [5, 5.41) is 2.72. The maximum atomic E-state index is 13.6. The highest BCUT2D eigenvalue weighted by Crippen LogP contribution is 2.20. The fraction of sp³-hybridized carbons (Fsp3) is 0.643. The molecule has 0 radical (unpaired) electrons. The van der Waals surface area contributed by atoms with Gasteiger partial charge in [-0.05, 0) is 20.8 Å². The van der Waals surface area contributed by atoms with Crippen LogP contribution in [0.1, 0.15) is 27.7 Å². The van der Waals surface area contributed by atoms with Crippen LogP contribution in [0.5, 0.6) is 0 Å². The first-order valence-corrected chi connectivity index (χ1v) is 6.78. The number of carbonyl (C=O) groups is 1. The fourth-order valence-corrected chi connectivity index (χ4v) is 1.31. The number of carbonyl (C=O) groups excluding carboxylic acids is 1. The molecule has 0 fully saturated rings. The van der Waals surface area contributed by atoms with E-state index in [-0.39, 0.29) is 12.6 Å². The summed E-state index contributed by atoms with van der Waals surface area (Å²) in [6.45, 7) is 6.48. The molecule has 0 aromatic rings. The van der Waals surface area contributed by atoms with Crippen molar-refractivity contribution in [1.82, 2.24) is 10.2 Å². The van der Waals surface area contributed by atoms with Gasteiger partial charge in [-0.1, -0.05) is 0 Å². The van der Waals surface area contributed by atoms with Gasteiger partial charge in [0.1, 0.15) is 0 Å². The third kappa shape index (κ3) is 5.44. The van der Waals surface area contributed by atoms with E-state index in [1.54, 1.807) is 46.7 Å². The Balaban J connectivity index is 2.62. The number of hydrogen-bond donors (Lipinski definition) is 1. The molecule has 1 atom stereocenters. The number of nitrogens with one attached hydrogen (secondary N) is 1. The van der Waals surface area contributed by atoms with Crippen molar-refractivity contribution in [1.29, 1.82) is 0 Å². The number of esters is 1. The van der Waals surface area contributed by atoms with Crippen molar-refractivity contribution < 1.29 is 18.7 Å². The van der Waals surface area contributed by atoms with E-state index >= 15 is 0 Å². The Morgan fingerprint density at radius 2 is 2.18 bits per heavy atom. The summed E-state index contributed by atoms with van der Waals surface area (Å²) >= 11 is 0. The minimum Gasteiger partial charge on any atom is -0.438 e. The van der Waals surface area contributed by atoms with Gasteiger partial charge in [0.15, 0.2) is 18.4 Å². The molecule has 0 amide bonds. The molecule has 0 saturated heterocycles. The van der Waals surface area contributed by atoms with E-state index in [1.807, 2.05) is 0 Å². The first kappa shape index (κ1) is 18.1. The highest BCUT2D eigenvalue weighted by molar-refractivity contribution is 5.78. The number of rotatable bonds is 5. The summed E-state index contributed by atoms with van der Waals surface area (Å²) in [4.78, 5) is 21.2. The molecule has 22 heavy (non-hydrogen) atoms. The van der Waals surface area contributed by atoms with Crippen LogP contribution in [0.25, 0.3) is 0 Å². The molecule has 1 heterocycles. The lowest BCUT2D eigenvalue weighted by molar-refractivity contribution is -0.181. The lowest BCUT2D eigenvalue weighted by Gasteiger charge is -2.30. The molecule has 7 nitrogen and oxygen atoms in total. The summed E-state index contributed by atoms with van der Waals surface area (Å²) in [7, 11) is 3.53. The Morgan fingerprint density at radius 3 is 2.73 bits per heavy atom. The van der Waals surface area contributed by atoms with Gasteiger partial charge in [-0.15, -0.1) is 0 Å². The van der Waals surface area contributed by atoms with Crippen LogP contribution >= 0.6 is 0 Å². The summed E-state index contributed by atoms with van der Waals surface area (Å²) in [5.74, 6) is -2.27. The average molecular weight is 314 g/mol. The topological polar surface area (TPSA) is 75.5 Å². The highest BCUT2D eigenvalue weighted by Gasteiger charge is 2.30. The van der Waals surface area contributed by atoms with Crippen molar-refractivity contribution in [3.63, 3.8) is 0 Å². The zero-order valence-electron chi connectivity index (χ0n) is 13.8. The van der Waals surface area contributed by atoms with E-state index in [4.69, 9.17) is 9.47 Å². The zero-order chi connectivity index (χ0) is 17.0. The van der Waals surface area contributed by atoms with Crippen LogP contribution in [-0.2, 0) is 14.3 Å². The molecule has 0 aromatic carbocycles. The van der Waals surface area contributed by atoms with Crippen molar-refractivity contribution in [2.75, 3.05) is 20.9 Å². The molecular formula is C14H23FN4O3. The van der Waals surface area contributed by atoms with Crippen molar-refractivity contribution in [2.45, 2.75) is 33.5 Å². The molecule has 0 bridgehead atoms. The molecule has 1 rings (SSSR count). The van der Waals surface area contributed by atoms with Gasteiger partial charge >= 0.3 is 5.97 Å². The van der Waals surface area contributed by atoms with Gasteiger partial charge in [0.2, 0.25) is 5.85 Å². The maximum Gasteiger partial charge on any atom is 0.313 e. The minimum absolute atomic E-state index is 0.00616. The predicted octanol–water partition coefficient (Wildman–Crippen LogP) is 1.63. The molecule has 0 aliphatic carbocycles. The van der Waals surface area contributed by atoms with Crippen molar-refractivity contribution in [3.05, 3.63) is 11.6 Å². The third-order valence-electron chi connectivity index (χ3n) is 2.56. The molecule has 1 aliphatic heterocycles. The quantitative estimate of drug-likeness (QED) is 0.361. The van der Waals surface area contributed by atoms with E-state index in [9.17, 15) is 9.18 Å². The van der Waals surface area contributed by atoms with Gasteiger partial charge in [0.25, 0.3) is 0 Å². The fourth-order valence-electron chi connectivity index (χ4n) is 1.31. The molecule has 1 unspecified atom stereocenters.